The molecule has 0 saturated heterocycles. The molecular formula is C75H147NO5. The first-order valence-electron chi connectivity index (χ1n) is 37.4. The monoisotopic (exact) mass is 1140 g/mol. The smallest absolute Gasteiger partial charge is 0.305 e. The maximum Gasteiger partial charge on any atom is 0.305 e. The molecule has 0 aromatic carbocycles. The summed E-state index contributed by atoms with van der Waals surface area (Å²) >= 11 is 0. The predicted molar refractivity (Wildman–Crippen MR) is 357 cm³/mol. The number of hydrogen-bond donors (Lipinski definition) is 3. The van der Waals surface area contributed by atoms with Crippen molar-refractivity contribution in [3.63, 3.8) is 0 Å². The van der Waals surface area contributed by atoms with Crippen molar-refractivity contribution < 1.29 is 24.5 Å². The van der Waals surface area contributed by atoms with E-state index in [1.807, 2.05) is 0 Å². The van der Waals surface area contributed by atoms with Gasteiger partial charge in [0.25, 0.3) is 0 Å². The molecule has 0 radical (unpaired) electrons. The van der Waals surface area contributed by atoms with Crippen molar-refractivity contribution in [1.29, 1.82) is 0 Å². The van der Waals surface area contributed by atoms with Crippen LogP contribution in [0, 0.1) is 0 Å². The van der Waals surface area contributed by atoms with Crippen LogP contribution in [0.3, 0.4) is 0 Å². The zero-order valence-corrected chi connectivity index (χ0v) is 55.3. The third-order valence-corrected chi connectivity index (χ3v) is 17.8. The van der Waals surface area contributed by atoms with Gasteiger partial charge in [-0.3, -0.25) is 9.59 Å². The van der Waals surface area contributed by atoms with Crippen molar-refractivity contribution >= 4 is 11.9 Å². The summed E-state index contributed by atoms with van der Waals surface area (Å²) in [6, 6.07) is -0.537. The molecule has 0 bridgehead atoms. The second-order valence-corrected chi connectivity index (χ2v) is 26.0. The highest BCUT2D eigenvalue weighted by atomic mass is 16.5. The Kier molecular flexibility index (Phi) is 69.9. The highest BCUT2D eigenvalue weighted by Gasteiger charge is 2.20. The summed E-state index contributed by atoms with van der Waals surface area (Å²) < 4.78 is 5.49. The third kappa shape index (κ3) is 67.6. The van der Waals surface area contributed by atoms with E-state index in [1.54, 1.807) is 0 Å². The zero-order chi connectivity index (χ0) is 58.5. The first-order chi connectivity index (χ1) is 40.0. The quantitative estimate of drug-likeness (QED) is 0.0320. The Bertz CT molecular complexity index is 1220. The van der Waals surface area contributed by atoms with E-state index < -0.39 is 12.1 Å². The van der Waals surface area contributed by atoms with Gasteiger partial charge in [-0.15, -0.1) is 0 Å². The number of carbonyl (C=O) groups excluding carboxylic acids is 2. The van der Waals surface area contributed by atoms with Gasteiger partial charge in [-0.05, 0) is 51.4 Å². The molecule has 0 aliphatic heterocycles. The Morgan fingerprint density at radius 1 is 0.333 bits per heavy atom. The maximum atomic E-state index is 12.5. The SMILES string of the molecule is CCCCCCCCCCCCCCCCCC(O)C(CO)NC(=O)CCCCCCCCCCCCCCCCCCC/C=C\CCCCCCCCCCCCCCCCCCOC(=O)CCCCCCCCCCCCCC. The second-order valence-electron chi connectivity index (χ2n) is 26.0. The number of rotatable bonds is 71. The summed E-state index contributed by atoms with van der Waals surface area (Å²) in [4.78, 5) is 24.5. The Morgan fingerprint density at radius 2 is 0.580 bits per heavy atom. The van der Waals surface area contributed by atoms with Gasteiger partial charge in [-0.2, -0.15) is 0 Å². The van der Waals surface area contributed by atoms with Crippen molar-refractivity contribution in [3.8, 4) is 0 Å². The molecule has 0 saturated carbocycles. The van der Waals surface area contributed by atoms with Crippen LogP contribution >= 0.6 is 0 Å². The van der Waals surface area contributed by atoms with Gasteiger partial charge >= 0.3 is 5.97 Å². The molecule has 81 heavy (non-hydrogen) atoms. The van der Waals surface area contributed by atoms with Crippen molar-refractivity contribution in [2.45, 2.75) is 443 Å². The lowest BCUT2D eigenvalue weighted by Crippen LogP contribution is -2.45. The summed E-state index contributed by atoms with van der Waals surface area (Å²) in [5.74, 6) is -0.00432. The molecule has 0 aliphatic rings. The molecule has 6 nitrogen and oxygen atoms in total. The van der Waals surface area contributed by atoms with Crippen molar-refractivity contribution in [2.24, 2.45) is 0 Å². The number of carbonyl (C=O) groups is 2. The molecule has 0 heterocycles. The van der Waals surface area contributed by atoms with Gasteiger partial charge in [0.05, 0.1) is 25.4 Å². The fraction of sp³-hybridized carbons (Fsp3) is 0.947. The summed E-state index contributed by atoms with van der Waals surface area (Å²) in [6.07, 6.45) is 88.7. The number of nitrogens with one attached hydrogen (secondary N) is 1. The summed E-state index contributed by atoms with van der Waals surface area (Å²) in [5, 5.41) is 23.3. The predicted octanol–water partition coefficient (Wildman–Crippen LogP) is 24.3. The van der Waals surface area contributed by atoms with Crippen LogP contribution in [0.1, 0.15) is 431 Å². The lowest BCUT2D eigenvalue weighted by atomic mass is 10.0. The molecular weight excluding hydrogens is 995 g/mol. The lowest BCUT2D eigenvalue weighted by molar-refractivity contribution is -0.143. The van der Waals surface area contributed by atoms with Crippen LogP contribution < -0.4 is 5.32 Å². The second kappa shape index (κ2) is 71.1. The molecule has 2 unspecified atom stereocenters. The van der Waals surface area contributed by atoms with Gasteiger partial charge in [0.15, 0.2) is 0 Å². The number of allylic oxidation sites excluding steroid dienone is 2. The van der Waals surface area contributed by atoms with Gasteiger partial charge < -0.3 is 20.3 Å². The molecule has 482 valence electrons. The molecule has 1 amide bonds. The highest BCUT2D eigenvalue weighted by molar-refractivity contribution is 5.76. The van der Waals surface area contributed by atoms with E-state index in [1.165, 1.54) is 360 Å². The summed E-state index contributed by atoms with van der Waals surface area (Å²) in [5.41, 5.74) is 0. The van der Waals surface area contributed by atoms with Crippen molar-refractivity contribution in [3.05, 3.63) is 12.2 Å². The number of esters is 1. The van der Waals surface area contributed by atoms with E-state index >= 15 is 0 Å². The van der Waals surface area contributed by atoms with E-state index in [0.717, 1.165) is 38.5 Å². The number of unbranched alkanes of at least 4 members (excludes halogenated alkanes) is 58. The Balaban J connectivity index is 3.31. The van der Waals surface area contributed by atoms with Gasteiger partial charge in [0, 0.05) is 12.8 Å². The molecule has 0 aromatic rings. The van der Waals surface area contributed by atoms with Crippen molar-refractivity contribution in [1.82, 2.24) is 5.32 Å². The molecule has 0 rings (SSSR count). The first-order valence-corrected chi connectivity index (χ1v) is 37.4. The van der Waals surface area contributed by atoms with Crippen LogP contribution in [0.2, 0.25) is 0 Å². The lowest BCUT2D eigenvalue weighted by Gasteiger charge is -2.22. The van der Waals surface area contributed by atoms with E-state index in [4.69, 9.17) is 4.74 Å². The van der Waals surface area contributed by atoms with E-state index in [2.05, 4.69) is 31.3 Å². The molecule has 0 fully saturated rings. The Labute approximate surface area is 508 Å². The molecule has 3 N–H and O–H groups in total. The zero-order valence-electron chi connectivity index (χ0n) is 55.3. The van der Waals surface area contributed by atoms with Crippen LogP contribution in [0.25, 0.3) is 0 Å². The van der Waals surface area contributed by atoms with Crippen LogP contribution in [-0.2, 0) is 14.3 Å². The van der Waals surface area contributed by atoms with E-state index in [0.29, 0.717) is 25.9 Å². The third-order valence-electron chi connectivity index (χ3n) is 17.8. The van der Waals surface area contributed by atoms with E-state index in [-0.39, 0.29) is 18.5 Å². The largest absolute Gasteiger partial charge is 0.466 e. The van der Waals surface area contributed by atoms with E-state index in [9.17, 15) is 19.8 Å². The molecule has 0 spiro atoms. The fourth-order valence-electron chi connectivity index (χ4n) is 12.1. The van der Waals surface area contributed by atoms with Crippen LogP contribution in [-0.4, -0.2) is 47.4 Å². The highest BCUT2D eigenvalue weighted by Crippen LogP contribution is 2.20. The molecule has 0 aromatic heterocycles. The maximum absolute atomic E-state index is 12.5. The number of ether oxygens (including phenoxy) is 1. The average Bonchev–Trinajstić information content (AvgIpc) is 3.47. The average molecular weight is 1140 g/mol. The fourth-order valence-corrected chi connectivity index (χ4v) is 12.1. The standard InChI is InChI=1S/C75H147NO5/c1-3-5-7-9-11-13-15-17-41-44-47-51-55-59-63-67-73(78)72(71-77)76-74(79)68-64-60-56-52-48-45-42-39-37-35-33-31-29-27-25-23-21-19-18-20-22-24-26-28-30-32-34-36-38-40-43-46-50-54-58-62-66-70-81-75(80)69-65-61-57-53-49-16-14-12-10-8-6-4-2/h18,20,72-73,77-78H,3-17,19,21-71H2,1-2H3,(H,76,79)/b20-18-. The molecule has 2 atom stereocenters. The Morgan fingerprint density at radius 3 is 0.877 bits per heavy atom. The summed E-state index contributed by atoms with van der Waals surface area (Å²) in [6.45, 7) is 5.00. The molecule has 6 heteroatoms. The minimum Gasteiger partial charge on any atom is -0.466 e. The number of aliphatic hydroxyl groups excluding tert-OH is 2. The van der Waals surface area contributed by atoms with Crippen LogP contribution in [0.15, 0.2) is 12.2 Å². The Hall–Kier alpha value is -1.40. The first kappa shape index (κ1) is 79.6. The minimum absolute atomic E-state index is 0.0230. The number of aliphatic hydroxyl groups is 2. The normalized spacial score (nSPS) is 12.5. The van der Waals surface area contributed by atoms with Gasteiger partial charge in [-0.1, -0.05) is 379 Å². The van der Waals surface area contributed by atoms with Gasteiger partial charge in [0.2, 0.25) is 5.91 Å². The summed E-state index contributed by atoms with van der Waals surface area (Å²) in [7, 11) is 0. The minimum atomic E-state index is -0.660. The number of amides is 1. The molecule has 0 aliphatic carbocycles. The van der Waals surface area contributed by atoms with Crippen LogP contribution in [0.4, 0.5) is 0 Å². The topological polar surface area (TPSA) is 95.9 Å². The van der Waals surface area contributed by atoms with Gasteiger partial charge in [-0.25, -0.2) is 0 Å². The number of hydrogen-bond acceptors (Lipinski definition) is 5. The van der Waals surface area contributed by atoms with Crippen LogP contribution in [0.5, 0.6) is 0 Å². The van der Waals surface area contributed by atoms with Crippen molar-refractivity contribution in [2.75, 3.05) is 13.2 Å². The van der Waals surface area contributed by atoms with Gasteiger partial charge in [0.1, 0.15) is 0 Å².